The van der Waals surface area contributed by atoms with Crippen LogP contribution in [0.15, 0.2) is 0 Å². The third kappa shape index (κ3) is 6.32. The van der Waals surface area contributed by atoms with E-state index in [2.05, 4.69) is 62.1 Å². The van der Waals surface area contributed by atoms with Crippen molar-refractivity contribution in [2.45, 2.75) is 67.2 Å². The maximum Gasteiger partial charge on any atom is 0.134 e. The number of hydrogen-bond acceptors (Lipinski definition) is 4. The number of aromatic nitrogens is 2. The van der Waals surface area contributed by atoms with E-state index in [9.17, 15) is 0 Å². The standard InChI is InChI=1S/C17H32N4/c1-7-9-14-20-15(18-11-8-2)13(3)16(21-14)19-12-10-17(4,5)6/h7-12H2,1-6H3,(H2,18,19,20,21). The van der Waals surface area contributed by atoms with E-state index >= 15 is 0 Å². The molecule has 0 atom stereocenters. The van der Waals surface area contributed by atoms with Crippen LogP contribution in [0.4, 0.5) is 11.6 Å². The van der Waals surface area contributed by atoms with Crippen LogP contribution in [0.5, 0.6) is 0 Å². The average molecular weight is 292 g/mol. The molecule has 0 aromatic carbocycles. The van der Waals surface area contributed by atoms with Gasteiger partial charge in [0.2, 0.25) is 0 Å². The highest BCUT2D eigenvalue weighted by atomic mass is 15.1. The predicted molar refractivity (Wildman–Crippen MR) is 92.1 cm³/mol. The minimum atomic E-state index is 0.337. The Morgan fingerprint density at radius 2 is 1.48 bits per heavy atom. The van der Waals surface area contributed by atoms with Crippen LogP contribution in [0.2, 0.25) is 0 Å². The van der Waals surface area contributed by atoms with Gasteiger partial charge in [0.15, 0.2) is 0 Å². The van der Waals surface area contributed by atoms with Crippen LogP contribution in [0, 0.1) is 12.3 Å². The Balaban J connectivity index is 2.86. The lowest BCUT2D eigenvalue weighted by atomic mass is 9.92. The molecule has 0 aliphatic rings. The second kappa shape index (κ2) is 8.20. The monoisotopic (exact) mass is 292 g/mol. The number of nitrogens with one attached hydrogen (secondary N) is 2. The summed E-state index contributed by atoms with van der Waals surface area (Å²) < 4.78 is 0. The van der Waals surface area contributed by atoms with Gasteiger partial charge in [-0.1, -0.05) is 34.6 Å². The van der Waals surface area contributed by atoms with Crippen molar-refractivity contribution in [1.82, 2.24) is 9.97 Å². The molecule has 0 radical (unpaired) electrons. The van der Waals surface area contributed by atoms with Gasteiger partial charge in [-0.2, -0.15) is 0 Å². The van der Waals surface area contributed by atoms with Crippen LogP contribution in [0.25, 0.3) is 0 Å². The largest absolute Gasteiger partial charge is 0.370 e. The van der Waals surface area contributed by atoms with Crippen LogP contribution in [-0.2, 0) is 6.42 Å². The molecule has 1 rings (SSSR count). The van der Waals surface area contributed by atoms with Crippen molar-refractivity contribution in [2.24, 2.45) is 5.41 Å². The van der Waals surface area contributed by atoms with E-state index in [0.29, 0.717) is 5.41 Å². The smallest absolute Gasteiger partial charge is 0.134 e. The fourth-order valence-corrected chi connectivity index (χ4v) is 2.04. The zero-order chi connectivity index (χ0) is 15.9. The van der Waals surface area contributed by atoms with Gasteiger partial charge < -0.3 is 10.6 Å². The highest BCUT2D eigenvalue weighted by Gasteiger charge is 2.13. The molecule has 0 aliphatic heterocycles. The molecule has 0 bridgehead atoms. The number of anilines is 2. The van der Waals surface area contributed by atoms with Gasteiger partial charge in [0.1, 0.15) is 17.5 Å². The van der Waals surface area contributed by atoms with E-state index in [-0.39, 0.29) is 0 Å². The molecule has 0 saturated heterocycles. The van der Waals surface area contributed by atoms with Crippen LogP contribution in [-0.4, -0.2) is 23.1 Å². The van der Waals surface area contributed by atoms with E-state index in [1.807, 2.05) is 0 Å². The summed E-state index contributed by atoms with van der Waals surface area (Å²) in [7, 11) is 0. The summed E-state index contributed by atoms with van der Waals surface area (Å²) in [6.45, 7) is 15.1. The van der Waals surface area contributed by atoms with E-state index in [0.717, 1.165) is 61.8 Å². The van der Waals surface area contributed by atoms with Crippen molar-refractivity contribution in [2.75, 3.05) is 23.7 Å². The van der Waals surface area contributed by atoms with Crippen molar-refractivity contribution in [3.63, 3.8) is 0 Å². The first-order chi connectivity index (χ1) is 9.87. The molecule has 0 fully saturated rings. The highest BCUT2D eigenvalue weighted by Crippen LogP contribution is 2.22. The van der Waals surface area contributed by atoms with Gasteiger partial charge in [-0.25, -0.2) is 9.97 Å². The van der Waals surface area contributed by atoms with Gasteiger partial charge >= 0.3 is 0 Å². The molecule has 1 heterocycles. The van der Waals surface area contributed by atoms with Crippen LogP contribution in [0.3, 0.4) is 0 Å². The fourth-order valence-electron chi connectivity index (χ4n) is 2.04. The summed E-state index contributed by atoms with van der Waals surface area (Å²) in [5.41, 5.74) is 1.46. The van der Waals surface area contributed by atoms with Crippen molar-refractivity contribution in [1.29, 1.82) is 0 Å². The highest BCUT2D eigenvalue weighted by molar-refractivity contribution is 5.57. The van der Waals surface area contributed by atoms with Gasteiger partial charge in [0.05, 0.1) is 0 Å². The predicted octanol–water partition coefficient (Wildman–Crippen LogP) is 4.41. The van der Waals surface area contributed by atoms with Gasteiger partial charge in [0, 0.05) is 25.1 Å². The Labute approximate surface area is 130 Å². The molecule has 4 heteroatoms. The Morgan fingerprint density at radius 3 is 1.95 bits per heavy atom. The SMILES string of the molecule is CCCNc1nc(CCC)nc(NCCC(C)(C)C)c1C. The lowest BCUT2D eigenvalue weighted by Crippen LogP contribution is -2.16. The van der Waals surface area contributed by atoms with Crippen molar-refractivity contribution in [3.8, 4) is 0 Å². The van der Waals surface area contributed by atoms with E-state index in [4.69, 9.17) is 0 Å². The van der Waals surface area contributed by atoms with E-state index in [1.165, 1.54) is 0 Å². The van der Waals surface area contributed by atoms with Gasteiger partial charge in [-0.05, 0) is 31.6 Å². The zero-order valence-corrected chi connectivity index (χ0v) is 14.6. The van der Waals surface area contributed by atoms with Crippen molar-refractivity contribution >= 4 is 11.6 Å². The molecular weight excluding hydrogens is 260 g/mol. The number of aryl methyl sites for hydroxylation is 1. The topological polar surface area (TPSA) is 49.8 Å². The molecule has 0 saturated carbocycles. The fraction of sp³-hybridized carbons (Fsp3) is 0.765. The molecule has 0 aliphatic carbocycles. The lowest BCUT2D eigenvalue weighted by Gasteiger charge is -2.20. The summed E-state index contributed by atoms with van der Waals surface area (Å²) in [6.07, 6.45) is 4.21. The van der Waals surface area contributed by atoms with Gasteiger partial charge in [-0.3, -0.25) is 0 Å². The molecule has 0 amide bonds. The van der Waals surface area contributed by atoms with Crippen molar-refractivity contribution in [3.05, 3.63) is 11.4 Å². The lowest BCUT2D eigenvalue weighted by molar-refractivity contribution is 0.389. The Morgan fingerprint density at radius 1 is 0.905 bits per heavy atom. The molecular formula is C17H32N4. The first-order valence-electron chi connectivity index (χ1n) is 8.22. The van der Waals surface area contributed by atoms with E-state index in [1.54, 1.807) is 0 Å². The molecule has 120 valence electrons. The summed E-state index contributed by atoms with van der Waals surface area (Å²) in [5, 5.41) is 6.91. The molecule has 2 N–H and O–H groups in total. The van der Waals surface area contributed by atoms with Crippen LogP contribution < -0.4 is 10.6 Å². The van der Waals surface area contributed by atoms with Gasteiger partial charge in [0.25, 0.3) is 0 Å². The number of rotatable bonds is 8. The van der Waals surface area contributed by atoms with Crippen molar-refractivity contribution < 1.29 is 0 Å². The summed E-state index contributed by atoms with van der Waals surface area (Å²) in [5.74, 6) is 2.89. The maximum absolute atomic E-state index is 4.69. The third-order valence-corrected chi connectivity index (χ3v) is 3.38. The molecule has 4 nitrogen and oxygen atoms in total. The van der Waals surface area contributed by atoms with Crippen LogP contribution in [0.1, 0.15) is 65.3 Å². The molecule has 1 aromatic rings. The normalized spacial score (nSPS) is 11.5. The molecule has 0 spiro atoms. The molecule has 1 aromatic heterocycles. The number of nitrogens with zero attached hydrogens (tertiary/aromatic N) is 2. The Bertz CT molecular complexity index is 435. The maximum atomic E-state index is 4.69. The van der Waals surface area contributed by atoms with Crippen LogP contribution >= 0.6 is 0 Å². The summed E-state index contributed by atoms with van der Waals surface area (Å²) in [4.78, 5) is 9.34. The second-order valence-electron chi connectivity index (χ2n) is 6.88. The quantitative estimate of drug-likeness (QED) is 0.745. The first kappa shape index (κ1) is 17.7. The Kier molecular flexibility index (Phi) is 6.93. The number of hydrogen-bond donors (Lipinski definition) is 2. The first-order valence-corrected chi connectivity index (χ1v) is 8.22. The molecule has 0 unspecified atom stereocenters. The summed E-state index contributed by atoms with van der Waals surface area (Å²) in [6, 6.07) is 0. The van der Waals surface area contributed by atoms with E-state index < -0.39 is 0 Å². The summed E-state index contributed by atoms with van der Waals surface area (Å²) >= 11 is 0. The second-order valence-corrected chi connectivity index (χ2v) is 6.88. The third-order valence-electron chi connectivity index (χ3n) is 3.38. The minimum absolute atomic E-state index is 0.337. The van der Waals surface area contributed by atoms with Gasteiger partial charge in [-0.15, -0.1) is 0 Å². The minimum Gasteiger partial charge on any atom is -0.370 e. The zero-order valence-electron chi connectivity index (χ0n) is 14.6. The average Bonchev–Trinajstić information content (AvgIpc) is 2.39. The molecule has 21 heavy (non-hydrogen) atoms. The Hall–Kier alpha value is -1.32.